The van der Waals surface area contributed by atoms with Gasteiger partial charge < -0.3 is 16.4 Å². The maximum atomic E-state index is 3.80. The molecule has 0 amide bonds. The Bertz CT molecular complexity index is 4120. The van der Waals surface area contributed by atoms with Gasteiger partial charge in [0.1, 0.15) is 0 Å². The summed E-state index contributed by atoms with van der Waals surface area (Å²) < 4.78 is 1.18. The van der Waals surface area contributed by atoms with Gasteiger partial charge in [0.25, 0.3) is 0 Å². The number of hydrogen-bond acceptors (Lipinski definition) is 2. The van der Waals surface area contributed by atoms with Gasteiger partial charge in [-0.3, -0.25) is 0 Å². The lowest BCUT2D eigenvalue weighted by molar-refractivity contribution is 0.661. The molecule has 0 fully saturated rings. The molecule has 0 saturated carbocycles. The van der Waals surface area contributed by atoms with Crippen LogP contribution in [0.4, 0.5) is 28.4 Å². The van der Waals surface area contributed by atoms with Crippen molar-refractivity contribution in [1.29, 1.82) is 0 Å². The van der Waals surface area contributed by atoms with Crippen LogP contribution >= 0.6 is 15.9 Å². The SMILES string of the molecule is CC1(C)c2ccc3ccccc3c2-c2c1cc(Br)c1ccccc21.Cc1ccc(N(c2ccc(C)cc2)c2cc3c(c4ccccc24)-c2c(ccc4ccccc24)C3(C)C)cc1.Cc1ccc(Nc2ccc(C)cc2)cc1.[NH2-]. The molecule has 0 bridgehead atoms. The Morgan fingerprint density at radius 2 is 0.667 bits per heavy atom. The molecule has 12 aromatic carbocycles. The Balaban J connectivity index is 0.000000137. The van der Waals surface area contributed by atoms with Gasteiger partial charge in [0.2, 0.25) is 0 Å². The van der Waals surface area contributed by atoms with E-state index < -0.39 is 0 Å². The first kappa shape index (κ1) is 51.8. The van der Waals surface area contributed by atoms with Crippen LogP contribution < -0.4 is 10.2 Å². The number of anilines is 5. The Morgan fingerprint density at radius 1 is 0.333 bits per heavy atom. The Hall–Kier alpha value is -8.28. The Labute approximate surface area is 469 Å². The maximum absolute atomic E-state index is 3.80. The van der Waals surface area contributed by atoms with Gasteiger partial charge in [-0.15, -0.1) is 0 Å². The number of nitrogens with two attached hydrogens (primary N) is 1. The summed E-state index contributed by atoms with van der Waals surface area (Å²) in [6.07, 6.45) is 0. The van der Waals surface area contributed by atoms with Crippen molar-refractivity contribution in [3.63, 3.8) is 0 Å². The van der Waals surface area contributed by atoms with Gasteiger partial charge in [-0.2, -0.15) is 0 Å². The van der Waals surface area contributed by atoms with E-state index in [9.17, 15) is 0 Å². The van der Waals surface area contributed by atoms with Crippen LogP contribution in [-0.4, -0.2) is 0 Å². The number of hydrogen-bond donors (Lipinski definition) is 1. The molecule has 0 aromatic heterocycles. The largest absolute Gasteiger partial charge is 0.693 e. The van der Waals surface area contributed by atoms with Crippen molar-refractivity contribution in [2.75, 3.05) is 10.2 Å². The summed E-state index contributed by atoms with van der Waals surface area (Å²) in [7, 11) is 0. The van der Waals surface area contributed by atoms with Crippen molar-refractivity contribution in [3.8, 4) is 22.3 Å². The number of aryl methyl sites for hydroxylation is 4. The first-order valence-corrected chi connectivity index (χ1v) is 27.7. The molecule has 14 rings (SSSR count). The Morgan fingerprint density at radius 3 is 1.10 bits per heavy atom. The molecule has 3 N–H and O–H groups in total. The lowest BCUT2D eigenvalue weighted by atomic mass is 9.81. The molecular formula is C74H65BrN3-. The summed E-state index contributed by atoms with van der Waals surface area (Å²) in [6.45, 7) is 17.9. The zero-order chi connectivity index (χ0) is 53.2. The van der Waals surface area contributed by atoms with Crippen LogP contribution in [0, 0.1) is 27.7 Å². The molecule has 2 aliphatic carbocycles. The molecule has 2 aliphatic rings. The van der Waals surface area contributed by atoms with E-state index in [0.29, 0.717) is 0 Å². The summed E-state index contributed by atoms with van der Waals surface area (Å²) in [5, 5.41) is 13.9. The fourth-order valence-corrected chi connectivity index (χ4v) is 12.6. The highest BCUT2D eigenvalue weighted by Crippen LogP contribution is 2.57. The number of rotatable bonds is 5. The first-order chi connectivity index (χ1) is 37.3. The third-order valence-electron chi connectivity index (χ3n) is 16.3. The lowest BCUT2D eigenvalue weighted by Crippen LogP contribution is -2.17. The van der Waals surface area contributed by atoms with E-state index in [1.807, 2.05) is 0 Å². The van der Waals surface area contributed by atoms with Crippen molar-refractivity contribution < 1.29 is 0 Å². The highest BCUT2D eigenvalue weighted by atomic mass is 79.9. The van der Waals surface area contributed by atoms with Crippen LogP contribution in [0.3, 0.4) is 0 Å². The van der Waals surface area contributed by atoms with Crippen LogP contribution in [0.1, 0.15) is 72.2 Å². The molecular weight excluding hydrogens is 1010 g/mol. The molecule has 0 radical (unpaired) electrons. The minimum atomic E-state index is -0.111. The molecule has 12 aromatic rings. The first-order valence-electron chi connectivity index (χ1n) is 26.9. The van der Waals surface area contributed by atoms with Gasteiger partial charge in [-0.1, -0.05) is 236 Å². The number of fused-ring (bicyclic) bond motifs is 14. The summed E-state index contributed by atoms with van der Waals surface area (Å²) in [4.78, 5) is 2.43. The smallest absolute Gasteiger partial charge is 0.0543 e. The predicted octanol–water partition coefficient (Wildman–Crippen LogP) is 22.2. The van der Waals surface area contributed by atoms with Crippen molar-refractivity contribution in [2.24, 2.45) is 0 Å². The van der Waals surface area contributed by atoms with Crippen LogP contribution in [0.25, 0.3) is 71.5 Å². The molecule has 78 heavy (non-hydrogen) atoms. The van der Waals surface area contributed by atoms with Crippen molar-refractivity contribution >= 4 is 87.5 Å². The normalized spacial score (nSPS) is 13.0. The molecule has 0 aliphatic heterocycles. The summed E-state index contributed by atoms with van der Waals surface area (Å²) in [6, 6.07) is 83.8. The third-order valence-corrected chi connectivity index (χ3v) is 16.9. The van der Waals surface area contributed by atoms with Gasteiger partial charge in [0, 0.05) is 43.4 Å². The number of nitrogens with zero attached hydrogens (tertiary/aromatic N) is 1. The minimum Gasteiger partial charge on any atom is -0.693 e. The van der Waals surface area contributed by atoms with E-state index >= 15 is 0 Å². The standard InChI is InChI=1S/C37H31N.C23H17Br.C14H15N.H2N/c1-24-13-18-27(19-14-24)38(28-20-15-25(2)16-21-28)34-23-33-36(31-12-8-7-11-30(31)34)35-29-10-6-5-9-26(29)17-22-32(35)37(33,3)4;1-23(2)18-12-11-14-7-3-4-8-15(14)21(18)22-17-10-6-5-9-16(17)20(24)13-19(22)23;1-11-3-7-13(8-4-11)15-14-9-5-12(2)6-10-14;/h5-23H,1-4H3;3-13H,1-2H3;3-10,15H,1-2H3;1H2/q;;;-1. The monoisotopic (exact) mass is 1070 g/mol. The number of halogens is 1. The van der Waals surface area contributed by atoms with Gasteiger partial charge in [0.15, 0.2) is 0 Å². The number of nitrogens with one attached hydrogen (secondary N) is 1. The lowest BCUT2D eigenvalue weighted by Gasteiger charge is -2.30. The van der Waals surface area contributed by atoms with Gasteiger partial charge in [-0.05, 0) is 171 Å². The van der Waals surface area contributed by atoms with E-state index in [4.69, 9.17) is 0 Å². The van der Waals surface area contributed by atoms with Crippen LogP contribution in [-0.2, 0) is 10.8 Å². The topological polar surface area (TPSA) is 48.8 Å². The van der Waals surface area contributed by atoms with Gasteiger partial charge >= 0.3 is 0 Å². The molecule has 3 nitrogen and oxygen atoms in total. The highest BCUT2D eigenvalue weighted by Gasteiger charge is 2.40. The average Bonchev–Trinajstić information content (AvgIpc) is 4.08. The molecule has 0 saturated heterocycles. The van der Waals surface area contributed by atoms with Crippen LogP contribution in [0.15, 0.2) is 235 Å². The second-order valence-electron chi connectivity index (χ2n) is 22.2. The van der Waals surface area contributed by atoms with E-state index in [2.05, 4.69) is 312 Å². The van der Waals surface area contributed by atoms with E-state index in [1.165, 1.54) is 131 Å². The average molecular weight is 1080 g/mol. The van der Waals surface area contributed by atoms with Gasteiger partial charge in [-0.25, -0.2) is 0 Å². The fourth-order valence-electron chi connectivity index (χ4n) is 12.1. The van der Waals surface area contributed by atoms with Crippen molar-refractivity contribution in [2.45, 2.75) is 66.2 Å². The molecule has 0 heterocycles. The maximum Gasteiger partial charge on any atom is 0.0543 e. The fraction of sp³-hybridized carbons (Fsp3) is 0.135. The molecule has 0 unspecified atom stereocenters. The molecule has 0 spiro atoms. The van der Waals surface area contributed by atoms with E-state index in [-0.39, 0.29) is 17.0 Å². The van der Waals surface area contributed by atoms with Crippen LogP contribution in [0.5, 0.6) is 0 Å². The molecule has 0 atom stereocenters. The van der Waals surface area contributed by atoms with Gasteiger partial charge in [0.05, 0.1) is 5.69 Å². The summed E-state index contributed by atoms with van der Waals surface area (Å²) >= 11 is 3.80. The van der Waals surface area contributed by atoms with E-state index in [1.54, 1.807) is 0 Å². The zero-order valence-corrected chi connectivity index (χ0v) is 47.4. The quantitative estimate of drug-likeness (QED) is 0.187. The predicted molar refractivity (Wildman–Crippen MR) is 341 cm³/mol. The Kier molecular flexibility index (Phi) is 13.7. The number of benzene rings is 12. The third kappa shape index (κ3) is 9.13. The zero-order valence-electron chi connectivity index (χ0n) is 45.8. The van der Waals surface area contributed by atoms with E-state index in [0.717, 1.165) is 11.4 Å². The van der Waals surface area contributed by atoms with Crippen molar-refractivity contribution in [3.05, 3.63) is 286 Å². The highest BCUT2D eigenvalue weighted by molar-refractivity contribution is 9.10. The van der Waals surface area contributed by atoms with Crippen molar-refractivity contribution in [1.82, 2.24) is 0 Å². The second kappa shape index (κ2) is 20.6. The second-order valence-corrected chi connectivity index (χ2v) is 23.1. The minimum absolute atomic E-state index is 0. The van der Waals surface area contributed by atoms with Crippen LogP contribution in [0.2, 0.25) is 0 Å². The summed E-state index contributed by atoms with van der Waals surface area (Å²) in [5.74, 6) is 0. The molecule has 4 heteroatoms. The molecule has 384 valence electrons. The summed E-state index contributed by atoms with van der Waals surface area (Å²) in [5.41, 5.74) is 22.1.